The summed E-state index contributed by atoms with van der Waals surface area (Å²) in [6.45, 7) is 0. The Kier molecular flexibility index (Phi) is 3.66. The van der Waals surface area contributed by atoms with Crippen LogP contribution in [0.4, 0.5) is 4.39 Å². The van der Waals surface area contributed by atoms with E-state index < -0.39 is 0 Å². The van der Waals surface area contributed by atoms with Crippen molar-refractivity contribution >= 4 is 6.29 Å². The van der Waals surface area contributed by atoms with Crippen molar-refractivity contribution in [2.24, 2.45) is 0 Å². The van der Waals surface area contributed by atoms with E-state index in [1.54, 1.807) is 12.1 Å². The van der Waals surface area contributed by atoms with Gasteiger partial charge in [0, 0.05) is 12.3 Å². The lowest BCUT2D eigenvalue weighted by molar-refractivity contribution is -0.108. The summed E-state index contributed by atoms with van der Waals surface area (Å²) >= 11 is 0. The molecule has 2 aromatic carbocycles. The number of aldehydes is 1. The maximum absolute atomic E-state index is 12.9. The first-order valence-corrected chi connectivity index (χ1v) is 5.55. The average Bonchev–Trinajstić information content (AvgIpc) is 2.38. The zero-order valence-electron chi connectivity index (χ0n) is 9.34. The molecule has 0 unspecified atom stereocenters. The standard InChI is InChI=1S/C15H13FO/c16-14-8-6-13(7-9-14)15(10-11-17)12-4-2-1-3-5-12/h1-9,11,15H,10H2/t15-/m0/s1. The van der Waals surface area contributed by atoms with Gasteiger partial charge in [-0.2, -0.15) is 0 Å². The van der Waals surface area contributed by atoms with Gasteiger partial charge in [-0.15, -0.1) is 0 Å². The van der Waals surface area contributed by atoms with Crippen molar-refractivity contribution in [2.75, 3.05) is 0 Å². The Bertz CT molecular complexity index is 476. The molecule has 0 amide bonds. The first-order chi connectivity index (χ1) is 8.31. The van der Waals surface area contributed by atoms with Crippen molar-refractivity contribution in [1.29, 1.82) is 0 Å². The molecule has 0 radical (unpaired) electrons. The fourth-order valence-corrected chi connectivity index (χ4v) is 1.94. The molecule has 0 heterocycles. The molecular formula is C15H13FO. The largest absolute Gasteiger partial charge is 0.303 e. The zero-order valence-corrected chi connectivity index (χ0v) is 9.34. The third-order valence-corrected chi connectivity index (χ3v) is 2.81. The number of benzene rings is 2. The van der Waals surface area contributed by atoms with Crippen LogP contribution < -0.4 is 0 Å². The summed E-state index contributed by atoms with van der Waals surface area (Å²) in [5, 5.41) is 0. The smallest absolute Gasteiger partial charge is 0.123 e. The van der Waals surface area contributed by atoms with E-state index in [0.717, 1.165) is 17.4 Å². The van der Waals surface area contributed by atoms with Gasteiger partial charge in [0.15, 0.2) is 0 Å². The van der Waals surface area contributed by atoms with Gasteiger partial charge in [0.05, 0.1) is 0 Å². The van der Waals surface area contributed by atoms with Crippen molar-refractivity contribution in [1.82, 2.24) is 0 Å². The monoisotopic (exact) mass is 228 g/mol. The Hall–Kier alpha value is -1.96. The predicted octanol–water partition coefficient (Wildman–Crippen LogP) is 3.55. The molecule has 0 aliphatic heterocycles. The minimum atomic E-state index is -0.258. The second-order valence-corrected chi connectivity index (χ2v) is 3.92. The second-order valence-electron chi connectivity index (χ2n) is 3.92. The van der Waals surface area contributed by atoms with Crippen LogP contribution in [0.1, 0.15) is 23.5 Å². The Labute approximate surface area is 99.9 Å². The molecule has 0 aliphatic carbocycles. The molecule has 0 spiro atoms. The van der Waals surface area contributed by atoms with Gasteiger partial charge in [0.1, 0.15) is 12.1 Å². The molecule has 1 atom stereocenters. The summed E-state index contributed by atoms with van der Waals surface area (Å²) in [5.41, 5.74) is 2.04. The lowest BCUT2D eigenvalue weighted by Gasteiger charge is -2.15. The van der Waals surface area contributed by atoms with Crippen LogP contribution in [0.25, 0.3) is 0 Å². The molecule has 1 nitrogen and oxygen atoms in total. The highest BCUT2D eigenvalue weighted by molar-refractivity contribution is 5.54. The molecule has 86 valence electrons. The quantitative estimate of drug-likeness (QED) is 0.731. The molecule has 0 aromatic heterocycles. The molecule has 2 rings (SSSR count). The fraction of sp³-hybridized carbons (Fsp3) is 0.133. The van der Waals surface area contributed by atoms with Crippen LogP contribution in [0.3, 0.4) is 0 Å². The van der Waals surface area contributed by atoms with E-state index >= 15 is 0 Å². The van der Waals surface area contributed by atoms with Crippen LogP contribution in [0, 0.1) is 5.82 Å². The molecule has 0 aliphatic rings. The van der Waals surface area contributed by atoms with Crippen LogP contribution in [0.15, 0.2) is 54.6 Å². The number of halogens is 1. The van der Waals surface area contributed by atoms with E-state index in [0.29, 0.717) is 6.42 Å². The fourth-order valence-electron chi connectivity index (χ4n) is 1.94. The number of hydrogen-bond acceptors (Lipinski definition) is 1. The molecular weight excluding hydrogens is 215 g/mol. The van der Waals surface area contributed by atoms with Gasteiger partial charge in [-0.3, -0.25) is 0 Å². The predicted molar refractivity (Wildman–Crippen MR) is 65.4 cm³/mol. The Balaban J connectivity index is 2.35. The Morgan fingerprint density at radius 2 is 1.53 bits per heavy atom. The Morgan fingerprint density at radius 1 is 0.941 bits per heavy atom. The van der Waals surface area contributed by atoms with Crippen LogP contribution in [-0.4, -0.2) is 6.29 Å². The van der Waals surface area contributed by atoms with Crippen molar-refractivity contribution in [3.05, 3.63) is 71.5 Å². The van der Waals surface area contributed by atoms with Gasteiger partial charge in [0.2, 0.25) is 0 Å². The van der Waals surface area contributed by atoms with E-state index in [4.69, 9.17) is 0 Å². The van der Waals surface area contributed by atoms with Crippen molar-refractivity contribution in [3.8, 4) is 0 Å². The third-order valence-electron chi connectivity index (χ3n) is 2.81. The first kappa shape index (κ1) is 11.5. The number of carbonyl (C=O) groups excluding carboxylic acids is 1. The van der Waals surface area contributed by atoms with Crippen molar-refractivity contribution < 1.29 is 9.18 Å². The van der Waals surface area contributed by atoms with E-state index in [9.17, 15) is 9.18 Å². The highest BCUT2D eigenvalue weighted by atomic mass is 19.1. The lowest BCUT2D eigenvalue weighted by Crippen LogP contribution is -2.01. The zero-order chi connectivity index (χ0) is 12.1. The number of hydrogen-bond donors (Lipinski definition) is 0. The van der Waals surface area contributed by atoms with Crippen LogP contribution in [-0.2, 0) is 4.79 Å². The molecule has 2 heteroatoms. The SMILES string of the molecule is O=CC[C@@H](c1ccccc1)c1ccc(F)cc1. The summed E-state index contributed by atoms with van der Waals surface area (Å²) in [7, 11) is 0. The summed E-state index contributed by atoms with van der Waals surface area (Å²) in [5.74, 6) is -0.249. The molecule has 0 saturated carbocycles. The summed E-state index contributed by atoms with van der Waals surface area (Å²) in [4.78, 5) is 10.8. The average molecular weight is 228 g/mol. The van der Waals surface area contributed by atoms with Gasteiger partial charge in [-0.25, -0.2) is 4.39 Å². The van der Waals surface area contributed by atoms with Gasteiger partial charge in [-0.1, -0.05) is 42.5 Å². The van der Waals surface area contributed by atoms with Crippen molar-refractivity contribution in [2.45, 2.75) is 12.3 Å². The van der Waals surface area contributed by atoms with Gasteiger partial charge < -0.3 is 4.79 Å². The van der Waals surface area contributed by atoms with Gasteiger partial charge >= 0.3 is 0 Å². The first-order valence-electron chi connectivity index (χ1n) is 5.55. The maximum Gasteiger partial charge on any atom is 0.123 e. The van der Waals surface area contributed by atoms with E-state index in [1.807, 2.05) is 30.3 Å². The molecule has 2 aromatic rings. The van der Waals surface area contributed by atoms with Gasteiger partial charge in [0.25, 0.3) is 0 Å². The molecule has 0 saturated heterocycles. The minimum absolute atomic E-state index is 0.00861. The maximum atomic E-state index is 12.9. The van der Waals surface area contributed by atoms with E-state index in [-0.39, 0.29) is 11.7 Å². The molecule has 0 bridgehead atoms. The second kappa shape index (κ2) is 5.39. The minimum Gasteiger partial charge on any atom is -0.303 e. The molecule has 17 heavy (non-hydrogen) atoms. The van der Waals surface area contributed by atoms with E-state index in [2.05, 4.69) is 0 Å². The van der Waals surface area contributed by atoms with E-state index in [1.165, 1.54) is 12.1 Å². The Morgan fingerprint density at radius 3 is 2.12 bits per heavy atom. The van der Waals surface area contributed by atoms with Gasteiger partial charge in [-0.05, 0) is 23.3 Å². The number of carbonyl (C=O) groups is 1. The van der Waals surface area contributed by atoms with Crippen LogP contribution in [0.2, 0.25) is 0 Å². The normalized spacial score (nSPS) is 12.1. The third kappa shape index (κ3) is 2.78. The van der Waals surface area contributed by atoms with Crippen LogP contribution >= 0.6 is 0 Å². The molecule has 0 fully saturated rings. The summed E-state index contributed by atoms with van der Waals surface area (Å²) < 4.78 is 12.9. The summed E-state index contributed by atoms with van der Waals surface area (Å²) in [6, 6.07) is 16.1. The van der Waals surface area contributed by atoms with Crippen molar-refractivity contribution in [3.63, 3.8) is 0 Å². The summed E-state index contributed by atoms with van der Waals surface area (Å²) in [6.07, 6.45) is 1.32. The van der Waals surface area contributed by atoms with Crippen LogP contribution in [0.5, 0.6) is 0 Å². The molecule has 0 N–H and O–H groups in total. The number of rotatable bonds is 4. The lowest BCUT2D eigenvalue weighted by atomic mass is 9.89. The highest BCUT2D eigenvalue weighted by Crippen LogP contribution is 2.27. The highest BCUT2D eigenvalue weighted by Gasteiger charge is 2.13. The topological polar surface area (TPSA) is 17.1 Å².